The van der Waals surface area contributed by atoms with Crippen molar-refractivity contribution < 1.29 is 15.0 Å². The molecule has 112 valence electrons. The number of nitrogens with zero attached hydrogens (tertiary/aromatic N) is 2. The van der Waals surface area contributed by atoms with Gasteiger partial charge in [0, 0.05) is 25.3 Å². The molecule has 3 N–H and O–H groups in total. The molecule has 0 spiro atoms. The summed E-state index contributed by atoms with van der Waals surface area (Å²) in [5.74, 6) is -0.893. The van der Waals surface area contributed by atoms with Crippen LogP contribution in [0.3, 0.4) is 0 Å². The first-order valence-corrected chi connectivity index (χ1v) is 7.12. The van der Waals surface area contributed by atoms with Crippen LogP contribution in [0, 0.1) is 12.3 Å². The highest BCUT2D eigenvalue weighted by Gasteiger charge is 2.48. The van der Waals surface area contributed by atoms with Crippen molar-refractivity contribution in [2.45, 2.75) is 45.8 Å². The van der Waals surface area contributed by atoms with E-state index in [0.717, 1.165) is 17.8 Å². The second-order valence-corrected chi connectivity index (χ2v) is 5.70. The Labute approximate surface area is 118 Å². The number of carboxylic acid groups (broad SMARTS) is 1. The molecule has 0 aromatic carbocycles. The fourth-order valence-electron chi connectivity index (χ4n) is 3.07. The molecule has 1 saturated heterocycles. The molecule has 2 atom stereocenters. The molecule has 20 heavy (non-hydrogen) atoms. The lowest BCUT2D eigenvalue weighted by molar-refractivity contribution is -0.164. The number of piperidine rings is 1. The Balaban J connectivity index is 2.14. The van der Waals surface area contributed by atoms with Crippen LogP contribution in [0.2, 0.25) is 0 Å². The molecule has 0 unspecified atom stereocenters. The lowest BCUT2D eigenvalue weighted by Gasteiger charge is -2.43. The minimum atomic E-state index is -1.04. The molecular weight excluding hydrogens is 258 g/mol. The molecule has 0 aliphatic carbocycles. The second-order valence-electron chi connectivity index (χ2n) is 5.70. The van der Waals surface area contributed by atoms with E-state index in [9.17, 15) is 15.0 Å². The van der Waals surface area contributed by atoms with Crippen LogP contribution in [0.1, 0.15) is 37.6 Å². The molecule has 1 aromatic heterocycles. The summed E-state index contributed by atoms with van der Waals surface area (Å²) >= 11 is 0. The molecule has 0 saturated carbocycles. The zero-order valence-electron chi connectivity index (χ0n) is 12.1. The fourth-order valence-corrected chi connectivity index (χ4v) is 3.07. The zero-order chi connectivity index (χ0) is 14.8. The first-order chi connectivity index (χ1) is 9.49. The van der Waals surface area contributed by atoms with Gasteiger partial charge in [0.25, 0.3) is 0 Å². The van der Waals surface area contributed by atoms with Crippen molar-refractivity contribution in [1.29, 1.82) is 0 Å². The first kappa shape index (κ1) is 15.0. The average molecular weight is 281 g/mol. The minimum absolute atomic E-state index is 0.379. The number of rotatable bonds is 5. The SMILES string of the molecule is CCC[C@@]1(C(=O)O)CN(Cc2nc[nH]c2C)CC[C@@H]1O. The topological polar surface area (TPSA) is 89.5 Å². The van der Waals surface area contributed by atoms with Crippen LogP contribution in [-0.2, 0) is 11.3 Å². The number of aryl methyl sites for hydroxylation is 1. The molecule has 0 bridgehead atoms. The Morgan fingerprint density at radius 2 is 2.40 bits per heavy atom. The zero-order valence-corrected chi connectivity index (χ0v) is 12.1. The lowest BCUT2D eigenvalue weighted by atomic mass is 9.74. The molecule has 2 heterocycles. The van der Waals surface area contributed by atoms with Gasteiger partial charge in [-0.15, -0.1) is 0 Å². The quantitative estimate of drug-likeness (QED) is 0.753. The Morgan fingerprint density at radius 1 is 1.65 bits per heavy atom. The van der Waals surface area contributed by atoms with Crippen molar-refractivity contribution in [3.8, 4) is 0 Å². The third kappa shape index (κ3) is 2.71. The summed E-state index contributed by atoms with van der Waals surface area (Å²) in [6, 6.07) is 0. The summed E-state index contributed by atoms with van der Waals surface area (Å²) in [6.45, 7) is 5.61. The number of aromatic nitrogens is 2. The van der Waals surface area contributed by atoms with Crippen LogP contribution in [-0.4, -0.2) is 50.2 Å². The number of carboxylic acids is 1. The summed E-state index contributed by atoms with van der Waals surface area (Å²) < 4.78 is 0. The van der Waals surface area contributed by atoms with Crippen LogP contribution in [0.5, 0.6) is 0 Å². The third-order valence-corrected chi connectivity index (χ3v) is 4.29. The van der Waals surface area contributed by atoms with E-state index >= 15 is 0 Å². The number of H-pyrrole nitrogens is 1. The number of hydrogen-bond donors (Lipinski definition) is 3. The summed E-state index contributed by atoms with van der Waals surface area (Å²) in [6.07, 6.45) is 2.63. The second kappa shape index (κ2) is 5.93. The molecule has 1 aromatic rings. The largest absolute Gasteiger partial charge is 0.481 e. The third-order valence-electron chi connectivity index (χ3n) is 4.29. The van der Waals surface area contributed by atoms with Gasteiger partial charge in [-0.2, -0.15) is 0 Å². The van der Waals surface area contributed by atoms with Crippen molar-refractivity contribution in [3.05, 3.63) is 17.7 Å². The van der Waals surface area contributed by atoms with Gasteiger partial charge in [-0.05, 0) is 19.8 Å². The first-order valence-electron chi connectivity index (χ1n) is 7.12. The van der Waals surface area contributed by atoms with Crippen LogP contribution in [0.15, 0.2) is 6.33 Å². The van der Waals surface area contributed by atoms with E-state index in [2.05, 4.69) is 14.9 Å². The number of nitrogens with one attached hydrogen (secondary N) is 1. The lowest BCUT2D eigenvalue weighted by Crippen LogP contribution is -2.55. The van der Waals surface area contributed by atoms with E-state index in [1.54, 1.807) is 6.33 Å². The van der Waals surface area contributed by atoms with Crippen LogP contribution < -0.4 is 0 Å². The van der Waals surface area contributed by atoms with Crippen LogP contribution in [0.4, 0.5) is 0 Å². The van der Waals surface area contributed by atoms with E-state index in [4.69, 9.17) is 0 Å². The number of aliphatic carboxylic acids is 1. The average Bonchev–Trinajstić information content (AvgIpc) is 2.79. The smallest absolute Gasteiger partial charge is 0.313 e. The molecule has 0 amide bonds. The maximum absolute atomic E-state index is 11.7. The van der Waals surface area contributed by atoms with Gasteiger partial charge in [0.2, 0.25) is 0 Å². The van der Waals surface area contributed by atoms with Crippen molar-refractivity contribution in [2.24, 2.45) is 5.41 Å². The van der Waals surface area contributed by atoms with E-state index in [-0.39, 0.29) is 0 Å². The van der Waals surface area contributed by atoms with Crippen molar-refractivity contribution in [3.63, 3.8) is 0 Å². The maximum atomic E-state index is 11.7. The number of aromatic amines is 1. The van der Waals surface area contributed by atoms with Crippen molar-refractivity contribution in [1.82, 2.24) is 14.9 Å². The number of hydrogen-bond acceptors (Lipinski definition) is 4. The highest BCUT2D eigenvalue weighted by atomic mass is 16.4. The van der Waals surface area contributed by atoms with Gasteiger partial charge in [-0.25, -0.2) is 4.98 Å². The van der Waals surface area contributed by atoms with Gasteiger partial charge in [0.05, 0.1) is 18.1 Å². The molecule has 6 nitrogen and oxygen atoms in total. The van der Waals surface area contributed by atoms with E-state index < -0.39 is 17.5 Å². The van der Waals surface area contributed by atoms with Gasteiger partial charge in [-0.3, -0.25) is 9.69 Å². The van der Waals surface area contributed by atoms with Gasteiger partial charge in [-0.1, -0.05) is 13.3 Å². The number of likely N-dealkylation sites (tertiary alicyclic amines) is 1. The molecule has 1 aliphatic heterocycles. The maximum Gasteiger partial charge on any atom is 0.313 e. The van der Waals surface area contributed by atoms with E-state index in [0.29, 0.717) is 32.5 Å². The number of aliphatic hydroxyl groups excluding tert-OH is 1. The van der Waals surface area contributed by atoms with Crippen molar-refractivity contribution >= 4 is 5.97 Å². The summed E-state index contributed by atoms with van der Waals surface area (Å²) in [7, 11) is 0. The number of carbonyl (C=O) groups is 1. The fraction of sp³-hybridized carbons (Fsp3) is 0.714. The molecule has 1 fully saturated rings. The Hall–Kier alpha value is -1.40. The molecule has 6 heteroatoms. The highest BCUT2D eigenvalue weighted by Crippen LogP contribution is 2.36. The standard InChI is InChI=1S/C14H23N3O3/c1-3-5-14(13(19)20)8-17(6-4-12(14)18)7-11-10(2)15-9-16-11/h9,12,18H,3-8H2,1-2H3,(H,15,16)(H,19,20)/t12-,14+/m0/s1. The normalized spacial score (nSPS) is 27.6. The van der Waals surface area contributed by atoms with Gasteiger partial charge in [0.1, 0.15) is 5.41 Å². The van der Waals surface area contributed by atoms with E-state index in [1.165, 1.54) is 0 Å². The van der Waals surface area contributed by atoms with Gasteiger partial charge < -0.3 is 15.2 Å². The molecule has 1 aliphatic rings. The molecular formula is C14H23N3O3. The van der Waals surface area contributed by atoms with E-state index in [1.807, 2.05) is 13.8 Å². The summed E-state index contributed by atoms with van der Waals surface area (Å²) in [5.41, 5.74) is 0.904. The van der Waals surface area contributed by atoms with Crippen molar-refractivity contribution in [2.75, 3.05) is 13.1 Å². The van der Waals surface area contributed by atoms with Gasteiger partial charge >= 0.3 is 5.97 Å². The molecule has 0 radical (unpaired) electrons. The van der Waals surface area contributed by atoms with Gasteiger partial charge in [0.15, 0.2) is 0 Å². The number of imidazole rings is 1. The Bertz CT molecular complexity index is 474. The predicted octanol–water partition coefficient (Wildman–Crippen LogP) is 1.16. The van der Waals surface area contributed by atoms with Crippen LogP contribution >= 0.6 is 0 Å². The Morgan fingerprint density at radius 3 is 2.95 bits per heavy atom. The monoisotopic (exact) mass is 281 g/mol. The summed E-state index contributed by atoms with van der Waals surface area (Å²) in [5, 5.41) is 19.8. The highest BCUT2D eigenvalue weighted by molar-refractivity contribution is 5.76. The minimum Gasteiger partial charge on any atom is -0.481 e. The summed E-state index contributed by atoms with van der Waals surface area (Å²) in [4.78, 5) is 21.1. The Kier molecular flexibility index (Phi) is 4.45. The predicted molar refractivity (Wildman–Crippen MR) is 74.2 cm³/mol. The number of aliphatic hydroxyl groups is 1. The van der Waals surface area contributed by atoms with Crippen LogP contribution in [0.25, 0.3) is 0 Å². The molecule has 2 rings (SSSR count).